The van der Waals surface area contributed by atoms with Gasteiger partial charge in [0.1, 0.15) is 5.82 Å². The van der Waals surface area contributed by atoms with E-state index in [9.17, 15) is 9.18 Å². The Morgan fingerprint density at radius 3 is 3.05 bits per heavy atom. The molecule has 0 saturated carbocycles. The lowest BCUT2D eigenvalue weighted by Gasteiger charge is -2.12. The summed E-state index contributed by atoms with van der Waals surface area (Å²) in [5.74, 6) is 0.332. The van der Waals surface area contributed by atoms with E-state index in [-0.39, 0.29) is 11.7 Å². The number of hydrogen-bond acceptors (Lipinski definition) is 2. The lowest BCUT2D eigenvalue weighted by molar-refractivity contribution is -0.121. The minimum Gasteiger partial charge on any atom is -0.356 e. The van der Waals surface area contributed by atoms with E-state index in [1.165, 1.54) is 12.1 Å². The number of halogens is 2. The zero-order chi connectivity index (χ0) is 14.5. The molecule has 1 fully saturated rings. The Kier molecular flexibility index (Phi) is 5.54. The van der Waals surface area contributed by atoms with Crippen molar-refractivity contribution in [1.82, 2.24) is 10.2 Å². The second-order valence-corrected chi connectivity index (χ2v) is 6.31. The number of carbonyl (C=O) groups is 1. The molecule has 1 aromatic rings. The van der Waals surface area contributed by atoms with E-state index < -0.39 is 0 Å². The van der Waals surface area contributed by atoms with Crippen molar-refractivity contribution < 1.29 is 9.18 Å². The fourth-order valence-electron chi connectivity index (χ4n) is 2.52. The molecule has 1 N–H and O–H groups in total. The topological polar surface area (TPSA) is 32.3 Å². The van der Waals surface area contributed by atoms with Gasteiger partial charge in [-0.05, 0) is 56.1 Å². The van der Waals surface area contributed by atoms with Crippen LogP contribution in [0.15, 0.2) is 22.7 Å². The first-order valence-corrected chi connectivity index (χ1v) is 7.73. The number of nitrogens with one attached hydrogen (secondary N) is 1. The molecule has 0 spiro atoms. The molecule has 1 atom stereocenters. The maximum Gasteiger partial charge on any atom is 0.220 e. The summed E-state index contributed by atoms with van der Waals surface area (Å²) in [7, 11) is 2.10. The lowest BCUT2D eigenvalue weighted by atomic mass is 10.1. The van der Waals surface area contributed by atoms with Crippen LogP contribution in [0.3, 0.4) is 0 Å². The van der Waals surface area contributed by atoms with E-state index in [1.54, 1.807) is 6.07 Å². The smallest absolute Gasteiger partial charge is 0.220 e. The molecule has 1 amide bonds. The quantitative estimate of drug-likeness (QED) is 0.891. The monoisotopic (exact) mass is 342 g/mol. The molecule has 0 unspecified atom stereocenters. The number of carbonyl (C=O) groups excluding carboxylic acids is 1. The minimum absolute atomic E-state index is 0.0377. The first-order valence-electron chi connectivity index (χ1n) is 6.94. The van der Waals surface area contributed by atoms with Crippen LogP contribution >= 0.6 is 15.9 Å². The Morgan fingerprint density at radius 1 is 1.55 bits per heavy atom. The summed E-state index contributed by atoms with van der Waals surface area (Å²) in [6.45, 7) is 2.90. The summed E-state index contributed by atoms with van der Waals surface area (Å²) < 4.78 is 14.0. The highest BCUT2D eigenvalue weighted by molar-refractivity contribution is 9.10. The standard InChI is InChI=1S/C15H20BrFN2O/c1-19-7-6-11(10-19)9-18-15(20)5-2-12-8-13(17)3-4-14(12)16/h3-4,8,11H,2,5-7,9-10H2,1H3,(H,18,20)/t11-/m0/s1. The van der Waals surface area contributed by atoms with E-state index in [4.69, 9.17) is 0 Å². The molecule has 1 heterocycles. The number of hydrogen-bond donors (Lipinski definition) is 1. The molecule has 1 saturated heterocycles. The van der Waals surface area contributed by atoms with E-state index in [2.05, 4.69) is 33.2 Å². The van der Waals surface area contributed by atoms with Crippen LogP contribution in [0.25, 0.3) is 0 Å². The molecule has 3 nitrogen and oxygen atoms in total. The molecule has 0 aliphatic carbocycles. The summed E-state index contributed by atoms with van der Waals surface area (Å²) >= 11 is 3.38. The number of benzene rings is 1. The third-order valence-electron chi connectivity index (χ3n) is 3.71. The SMILES string of the molecule is CN1CC[C@@H](CNC(=O)CCc2cc(F)ccc2Br)C1. The van der Waals surface area contributed by atoms with Gasteiger partial charge in [-0.2, -0.15) is 0 Å². The average molecular weight is 343 g/mol. The third-order valence-corrected chi connectivity index (χ3v) is 4.48. The summed E-state index contributed by atoms with van der Waals surface area (Å²) in [5.41, 5.74) is 0.834. The second-order valence-electron chi connectivity index (χ2n) is 5.46. The van der Waals surface area contributed by atoms with Gasteiger partial charge in [-0.25, -0.2) is 4.39 Å². The summed E-state index contributed by atoms with van der Waals surface area (Å²) in [5, 5.41) is 2.97. The van der Waals surface area contributed by atoms with Crippen LogP contribution in [0.5, 0.6) is 0 Å². The normalized spacial score (nSPS) is 19.2. The maximum atomic E-state index is 13.1. The van der Waals surface area contributed by atoms with Crippen molar-refractivity contribution >= 4 is 21.8 Å². The van der Waals surface area contributed by atoms with Crippen LogP contribution in [-0.2, 0) is 11.2 Å². The van der Waals surface area contributed by atoms with E-state index >= 15 is 0 Å². The molecule has 2 rings (SSSR count). The van der Waals surface area contributed by atoms with Crippen LogP contribution in [0.1, 0.15) is 18.4 Å². The Hall–Kier alpha value is -0.940. The van der Waals surface area contributed by atoms with Gasteiger partial charge in [-0.3, -0.25) is 4.79 Å². The fourth-order valence-corrected chi connectivity index (χ4v) is 2.97. The molecule has 0 bridgehead atoms. The highest BCUT2D eigenvalue weighted by Crippen LogP contribution is 2.19. The Bertz CT molecular complexity index is 481. The largest absolute Gasteiger partial charge is 0.356 e. The molecule has 0 aromatic heterocycles. The van der Waals surface area contributed by atoms with Crippen LogP contribution in [0.4, 0.5) is 4.39 Å². The van der Waals surface area contributed by atoms with Gasteiger partial charge in [0.05, 0.1) is 0 Å². The molecule has 110 valence electrons. The molecular weight excluding hydrogens is 323 g/mol. The Morgan fingerprint density at radius 2 is 2.35 bits per heavy atom. The predicted octanol–water partition coefficient (Wildman–Crippen LogP) is 2.59. The highest BCUT2D eigenvalue weighted by Gasteiger charge is 2.19. The van der Waals surface area contributed by atoms with Gasteiger partial charge in [-0.15, -0.1) is 0 Å². The van der Waals surface area contributed by atoms with Gasteiger partial charge in [0, 0.05) is 24.0 Å². The van der Waals surface area contributed by atoms with Crippen LogP contribution < -0.4 is 5.32 Å². The second kappa shape index (κ2) is 7.18. The van der Waals surface area contributed by atoms with Gasteiger partial charge in [-0.1, -0.05) is 15.9 Å². The number of rotatable bonds is 5. The van der Waals surface area contributed by atoms with Crippen molar-refractivity contribution in [3.05, 3.63) is 34.1 Å². The van der Waals surface area contributed by atoms with E-state index in [0.717, 1.165) is 36.1 Å². The third kappa shape index (κ3) is 4.56. The molecule has 20 heavy (non-hydrogen) atoms. The zero-order valence-corrected chi connectivity index (χ0v) is 13.2. The van der Waals surface area contributed by atoms with Gasteiger partial charge in [0.15, 0.2) is 0 Å². The van der Waals surface area contributed by atoms with Crippen molar-refractivity contribution in [3.63, 3.8) is 0 Å². The summed E-state index contributed by atoms with van der Waals surface area (Å²) in [4.78, 5) is 14.1. The van der Waals surface area contributed by atoms with Crippen LogP contribution in [-0.4, -0.2) is 37.5 Å². The molecule has 1 aliphatic rings. The number of amides is 1. The van der Waals surface area contributed by atoms with Crippen LogP contribution in [0, 0.1) is 11.7 Å². The van der Waals surface area contributed by atoms with Crippen molar-refractivity contribution in [2.24, 2.45) is 5.92 Å². The molecular formula is C15H20BrFN2O. The highest BCUT2D eigenvalue weighted by atomic mass is 79.9. The van der Waals surface area contributed by atoms with Crippen molar-refractivity contribution in [2.75, 3.05) is 26.7 Å². The van der Waals surface area contributed by atoms with Gasteiger partial charge in [0.2, 0.25) is 5.91 Å². The summed E-state index contributed by atoms with van der Waals surface area (Å²) in [6.07, 6.45) is 2.09. The van der Waals surface area contributed by atoms with Crippen molar-refractivity contribution in [3.8, 4) is 0 Å². The predicted molar refractivity (Wildman–Crippen MR) is 81.0 cm³/mol. The fraction of sp³-hybridized carbons (Fsp3) is 0.533. The molecule has 0 radical (unpaired) electrons. The zero-order valence-electron chi connectivity index (χ0n) is 11.7. The average Bonchev–Trinajstić information content (AvgIpc) is 2.83. The molecule has 1 aromatic carbocycles. The van der Waals surface area contributed by atoms with Crippen molar-refractivity contribution in [1.29, 1.82) is 0 Å². The summed E-state index contributed by atoms with van der Waals surface area (Å²) in [6, 6.07) is 4.56. The van der Waals surface area contributed by atoms with Crippen LogP contribution in [0.2, 0.25) is 0 Å². The van der Waals surface area contributed by atoms with Crippen molar-refractivity contribution in [2.45, 2.75) is 19.3 Å². The van der Waals surface area contributed by atoms with Gasteiger partial charge in [0.25, 0.3) is 0 Å². The molecule has 5 heteroatoms. The Labute approximate surface area is 127 Å². The first-order chi connectivity index (χ1) is 9.54. The minimum atomic E-state index is -0.266. The number of aryl methyl sites for hydroxylation is 1. The first kappa shape index (κ1) is 15.4. The number of likely N-dealkylation sites (tertiary alicyclic amines) is 1. The Balaban J connectivity index is 1.73. The van der Waals surface area contributed by atoms with E-state index in [0.29, 0.717) is 18.8 Å². The maximum absolute atomic E-state index is 13.1. The van der Waals surface area contributed by atoms with Gasteiger partial charge < -0.3 is 10.2 Å². The lowest BCUT2D eigenvalue weighted by Crippen LogP contribution is -2.30. The molecule has 1 aliphatic heterocycles. The van der Waals surface area contributed by atoms with Gasteiger partial charge >= 0.3 is 0 Å². The number of nitrogens with zero attached hydrogens (tertiary/aromatic N) is 1. The van der Waals surface area contributed by atoms with E-state index in [1.807, 2.05) is 0 Å².